The lowest BCUT2D eigenvalue weighted by molar-refractivity contribution is -0.142. The molecule has 2 fully saturated rings. The van der Waals surface area contributed by atoms with Crippen molar-refractivity contribution in [1.29, 1.82) is 0 Å². The van der Waals surface area contributed by atoms with Crippen LogP contribution in [-0.2, 0) is 15.0 Å². The first-order valence-electron chi connectivity index (χ1n) is 6.38. The van der Waals surface area contributed by atoms with Gasteiger partial charge in [0.2, 0.25) is 5.91 Å². The number of aromatic nitrogens is 2. The number of carbonyl (C=O) groups excluding carboxylic acids is 1. The first-order chi connectivity index (χ1) is 9.51. The lowest BCUT2D eigenvalue weighted by Gasteiger charge is -2.23. The summed E-state index contributed by atoms with van der Waals surface area (Å²) < 4.78 is 0. The standard InChI is InChI=1S/C13H15N3O3S/c1-7(17)16-5-8-9(6-16)13(8,11(18)19)10-3-4-14-12(15-10)20-2/h3-4,8-9H,5-6H2,1-2H3,(H,18,19)/t8-,9+,13?. The fraction of sp³-hybridized carbons (Fsp3) is 0.538. The summed E-state index contributed by atoms with van der Waals surface area (Å²) in [6, 6.07) is 1.68. The van der Waals surface area contributed by atoms with Crippen LogP contribution in [0, 0.1) is 11.8 Å². The Labute approximate surface area is 120 Å². The van der Waals surface area contributed by atoms with Crippen molar-refractivity contribution in [3.63, 3.8) is 0 Å². The second-order valence-electron chi connectivity index (χ2n) is 5.24. The smallest absolute Gasteiger partial charge is 0.316 e. The maximum Gasteiger partial charge on any atom is 0.316 e. The van der Waals surface area contributed by atoms with E-state index in [0.29, 0.717) is 23.9 Å². The molecule has 1 saturated heterocycles. The minimum atomic E-state index is -0.931. The number of thioether (sulfide) groups is 1. The molecule has 1 aliphatic carbocycles. The van der Waals surface area contributed by atoms with Gasteiger partial charge in [0.1, 0.15) is 5.41 Å². The highest BCUT2D eigenvalue weighted by Crippen LogP contribution is 2.63. The van der Waals surface area contributed by atoms with Crippen molar-refractivity contribution in [3.05, 3.63) is 18.0 Å². The van der Waals surface area contributed by atoms with Gasteiger partial charge < -0.3 is 10.0 Å². The van der Waals surface area contributed by atoms with Gasteiger partial charge >= 0.3 is 5.97 Å². The number of carboxylic acid groups (broad SMARTS) is 1. The van der Waals surface area contributed by atoms with E-state index < -0.39 is 11.4 Å². The number of aliphatic carboxylic acids is 1. The monoisotopic (exact) mass is 293 g/mol. The third kappa shape index (κ3) is 1.65. The number of carbonyl (C=O) groups is 2. The van der Waals surface area contributed by atoms with Gasteiger partial charge in [0.25, 0.3) is 0 Å². The van der Waals surface area contributed by atoms with Crippen molar-refractivity contribution in [2.24, 2.45) is 11.8 Å². The van der Waals surface area contributed by atoms with Gasteiger partial charge in [0.15, 0.2) is 5.16 Å². The van der Waals surface area contributed by atoms with Crippen LogP contribution in [0.1, 0.15) is 12.6 Å². The zero-order chi connectivity index (χ0) is 14.5. The molecule has 2 heterocycles. The van der Waals surface area contributed by atoms with Crippen LogP contribution in [0.3, 0.4) is 0 Å². The van der Waals surface area contributed by atoms with E-state index in [1.165, 1.54) is 18.7 Å². The summed E-state index contributed by atoms with van der Waals surface area (Å²) in [5.41, 5.74) is -0.359. The van der Waals surface area contributed by atoms with Crippen molar-refractivity contribution in [3.8, 4) is 0 Å². The Kier molecular flexibility index (Phi) is 2.97. The third-order valence-electron chi connectivity index (χ3n) is 4.42. The van der Waals surface area contributed by atoms with E-state index in [-0.39, 0.29) is 17.7 Å². The number of hydrogen-bond acceptors (Lipinski definition) is 5. The lowest BCUT2D eigenvalue weighted by Crippen LogP contribution is -2.37. The first kappa shape index (κ1) is 13.4. The molecular weight excluding hydrogens is 278 g/mol. The number of carboxylic acids is 1. The number of likely N-dealkylation sites (tertiary alicyclic amines) is 1. The summed E-state index contributed by atoms with van der Waals surface area (Å²) in [6.07, 6.45) is 3.47. The molecule has 0 spiro atoms. The molecule has 106 valence electrons. The van der Waals surface area contributed by atoms with Crippen molar-refractivity contribution < 1.29 is 14.7 Å². The normalized spacial score (nSPS) is 31.0. The maximum absolute atomic E-state index is 11.8. The zero-order valence-corrected chi connectivity index (χ0v) is 12.1. The van der Waals surface area contributed by atoms with Gasteiger partial charge in [-0.15, -0.1) is 0 Å². The molecule has 1 N–H and O–H groups in total. The molecular formula is C13H15N3O3S. The van der Waals surface area contributed by atoms with Gasteiger partial charge in [-0.05, 0) is 12.3 Å². The molecule has 0 radical (unpaired) electrons. The Morgan fingerprint density at radius 1 is 1.45 bits per heavy atom. The van der Waals surface area contributed by atoms with Gasteiger partial charge in [-0.1, -0.05) is 11.8 Å². The zero-order valence-electron chi connectivity index (χ0n) is 11.2. The van der Waals surface area contributed by atoms with Crippen LogP contribution in [-0.4, -0.2) is 51.2 Å². The Bertz CT molecular complexity index is 580. The van der Waals surface area contributed by atoms with Crippen LogP contribution in [0.2, 0.25) is 0 Å². The molecule has 1 aromatic heterocycles. The van der Waals surface area contributed by atoms with Gasteiger partial charge in [-0.25, -0.2) is 9.97 Å². The Morgan fingerprint density at radius 3 is 2.60 bits per heavy atom. The molecule has 1 amide bonds. The van der Waals surface area contributed by atoms with Crippen LogP contribution in [0.4, 0.5) is 0 Å². The van der Waals surface area contributed by atoms with E-state index >= 15 is 0 Å². The highest BCUT2D eigenvalue weighted by atomic mass is 32.2. The minimum absolute atomic E-state index is 0.00368. The number of hydrogen-bond donors (Lipinski definition) is 1. The second-order valence-corrected chi connectivity index (χ2v) is 6.01. The Morgan fingerprint density at radius 2 is 2.10 bits per heavy atom. The molecule has 6 nitrogen and oxygen atoms in total. The molecule has 3 atom stereocenters. The van der Waals surface area contributed by atoms with E-state index in [9.17, 15) is 14.7 Å². The molecule has 1 unspecified atom stereocenters. The molecule has 0 bridgehead atoms. The molecule has 1 aliphatic heterocycles. The number of nitrogens with zero attached hydrogens (tertiary/aromatic N) is 3. The van der Waals surface area contributed by atoms with Gasteiger partial charge in [0, 0.05) is 38.0 Å². The largest absolute Gasteiger partial charge is 0.481 e. The van der Waals surface area contributed by atoms with E-state index in [1.54, 1.807) is 17.2 Å². The van der Waals surface area contributed by atoms with Crippen LogP contribution < -0.4 is 0 Å². The average Bonchev–Trinajstić information content (AvgIpc) is 2.84. The summed E-state index contributed by atoms with van der Waals surface area (Å²) >= 11 is 1.39. The first-order valence-corrected chi connectivity index (χ1v) is 7.60. The molecule has 7 heteroatoms. The summed E-state index contributed by atoms with van der Waals surface area (Å²) in [5.74, 6) is -0.910. The number of amides is 1. The van der Waals surface area contributed by atoms with Crippen LogP contribution in [0.5, 0.6) is 0 Å². The Balaban J connectivity index is 1.94. The molecule has 20 heavy (non-hydrogen) atoms. The molecule has 3 rings (SSSR count). The van der Waals surface area contributed by atoms with E-state index in [2.05, 4.69) is 9.97 Å². The number of piperidine rings is 1. The molecule has 2 aliphatic rings. The summed E-state index contributed by atoms with van der Waals surface area (Å²) in [5, 5.41) is 10.3. The average molecular weight is 293 g/mol. The predicted octanol–water partition coefficient (Wildman–Crippen LogP) is 0.629. The topological polar surface area (TPSA) is 83.4 Å². The molecule has 0 aromatic carbocycles. The summed E-state index contributed by atoms with van der Waals surface area (Å²) in [7, 11) is 0. The van der Waals surface area contributed by atoms with Crippen molar-refractivity contribution in [1.82, 2.24) is 14.9 Å². The fourth-order valence-electron chi connectivity index (χ4n) is 3.36. The van der Waals surface area contributed by atoms with E-state index in [0.717, 1.165) is 0 Å². The minimum Gasteiger partial charge on any atom is -0.481 e. The van der Waals surface area contributed by atoms with Crippen LogP contribution >= 0.6 is 11.8 Å². The number of fused-ring (bicyclic) bond motifs is 1. The maximum atomic E-state index is 11.8. The summed E-state index contributed by atoms with van der Waals surface area (Å²) in [4.78, 5) is 33.4. The van der Waals surface area contributed by atoms with Crippen LogP contribution in [0.15, 0.2) is 17.4 Å². The van der Waals surface area contributed by atoms with Crippen molar-refractivity contribution >= 4 is 23.6 Å². The van der Waals surface area contributed by atoms with E-state index in [4.69, 9.17) is 0 Å². The third-order valence-corrected chi connectivity index (χ3v) is 4.98. The van der Waals surface area contributed by atoms with Crippen molar-refractivity contribution in [2.75, 3.05) is 19.3 Å². The Hall–Kier alpha value is -1.63. The van der Waals surface area contributed by atoms with Gasteiger partial charge in [0.05, 0.1) is 5.69 Å². The highest BCUT2D eigenvalue weighted by molar-refractivity contribution is 7.98. The molecule has 1 saturated carbocycles. The molecule has 1 aromatic rings. The predicted molar refractivity (Wildman–Crippen MR) is 72.4 cm³/mol. The quantitative estimate of drug-likeness (QED) is 0.650. The van der Waals surface area contributed by atoms with Crippen LogP contribution in [0.25, 0.3) is 0 Å². The van der Waals surface area contributed by atoms with E-state index in [1.807, 2.05) is 6.26 Å². The number of rotatable bonds is 3. The fourth-order valence-corrected chi connectivity index (χ4v) is 3.72. The SMILES string of the molecule is CSc1nccc(C2(C(=O)O)[C@@H]3CN(C(C)=O)C[C@@H]32)n1. The van der Waals surface area contributed by atoms with Gasteiger partial charge in [-0.3, -0.25) is 9.59 Å². The lowest BCUT2D eigenvalue weighted by atomic mass is 9.95. The highest BCUT2D eigenvalue weighted by Gasteiger charge is 2.75. The van der Waals surface area contributed by atoms with Crippen molar-refractivity contribution in [2.45, 2.75) is 17.5 Å². The van der Waals surface area contributed by atoms with Gasteiger partial charge in [-0.2, -0.15) is 0 Å². The second kappa shape index (κ2) is 4.44. The summed E-state index contributed by atoms with van der Waals surface area (Å²) in [6.45, 7) is 2.53.